The molecule has 4 nitrogen and oxygen atoms in total. The summed E-state index contributed by atoms with van der Waals surface area (Å²) in [6, 6.07) is 7.48. The molecule has 0 aliphatic rings. The summed E-state index contributed by atoms with van der Waals surface area (Å²) in [7, 11) is 1.63. The Morgan fingerprint density at radius 3 is 2.61 bits per heavy atom. The number of ether oxygens (including phenoxy) is 2. The van der Waals surface area contributed by atoms with E-state index < -0.39 is 5.60 Å². The van der Waals surface area contributed by atoms with Crippen LogP contribution in [0.3, 0.4) is 0 Å². The van der Waals surface area contributed by atoms with Crippen molar-refractivity contribution in [1.29, 1.82) is 0 Å². The predicted molar refractivity (Wildman–Crippen MR) is 71.7 cm³/mol. The predicted octanol–water partition coefficient (Wildman–Crippen LogP) is 1.66. The summed E-state index contributed by atoms with van der Waals surface area (Å²) >= 11 is 0. The number of aliphatic hydroxyl groups is 1. The summed E-state index contributed by atoms with van der Waals surface area (Å²) in [6.07, 6.45) is 1.48. The van der Waals surface area contributed by atoms with Crippen molar-refractivity contribution in [3.05, 3.63) is 29.8 Å². The molecule has 0 aliphatic carbocycles. The molecule has 0 saturated heterocycles. The zero-order valence-electron chi connectivity index (χ0n) is 11.2. The number of rotatable bonds is 8. The van der Waals surface area contributed by atoms with Gasteiger partial charge in [-0.2, -0.15) is 0 Å². The van der Waals surface area contributed by atoms with Gasteiger partial charge >= 0.3 is 0 Å². The lowest BCUT2D eigenvalue weighted by atomic mass is 9.89. The third kappa shape index (κ3) is 3.70. The van der Waals surface area contributed by atoms with Crippen LogP contribution in [0.1, 0.15) is 25.3 Å². The summed E-state index contributed by atoms with van der Waals surface area (Å²) in [4.78, 5) is 0. The molecule has 4 heteroatoms. The molecule has 0 aliphatic heterocycles. The van der Waals surface area contributed by atoms with Crippen molar-refractivity contribution in [2.75, 3.05) is 26.9 Å². The van der Waals surface area contributed by atoms with Crippen molar-refractivity contribution in [3.63, 3.8) is 0 Å². The summed E-state index contributed by atoms with van der Waals surface area (Å²) in [6.45, 7) is 3.18. The van der Waals surface area contributed by atoms with Gasteiger partial charge in [-0.3, -0.25) is 0 Å². The quantitative estimate of drug-likeness (QED) is 0.692. The maximum absolute atomic E-state index is 10.6. The fraction of sp³-hybridized carbons (Fsp3) is 0.571. The molecule has 0 saturated carbocycles. The van der Waals surface area contributed by atoms with Gasteiger partial charge in [-0.05, 0) is 12.5 Å². The average molecular weight is 253 g/mol. The zero-order valence-corrected chi connectivity index (χ0v) is 11.2. The Kier molecular flexibility index (Phi) is 6.12. The Morgan fingerprint density at radius 2 is 2.00 bits per heavy atom. The summed E-state index contributed by atoms with van der Waals surface area (Å²) < 4.78 is 10.6. The molecule has 0 spiro atoms. The molecule has 0 fully saturated rings. The molecule has 0 aromatic heterocycles. The molecule has 0 amide bonds. The van der Waals surface area contributed by atoms with Crippen LogP contribution < -0.4 is 10.5 Å². The lowest BCUT2D eigenvalue weighted by molar-refractivity contribution is 0.0321. The number of methoxy groups -OCH3 is 1. The maximum atomic E-state index is 10.6. The fourth-order valence-corrected chi connectivity index (χ4v) is 1.97. The van der Waals surface area contributed by atoms with Crippen LogP contribution in [0.25, 0.3) is 0 Å². The minimum absolute atomic E-state index is 0.186. The molecule has 3 N–H and O–H groups in total. The van der Waals surface area contributed by atoms with Crippen molar-refractivity contribution >= 4 is 0 Å². The topological polar surface area (TPSA) is 64.7 Å². The van der Waals surface area contributed by atoms with Crippen molar-refractivity contribution < 1.29 is 14.6 Å². The first-order chi connectivity index (χ1) is 8.68. The van der Waals surface area contributed by atoms with Gasteiger partial charge in [-0.15, -0.1) is 0 Å². The molecule has 0 bridgehead atoms. The highest BCUT2D eigenvalue weighted by molar-refractivity contribution is 5.38. The largest absolute Gasteiger partial charge is 0.491 e. The molecule has 0 radical (unpaired) electrons. The van der Waals surface area contributed by atoms with Gasteiger partial charge in [-0.1, -0.05) is 31.5 Å². The lowest BCUT2D eigenvalue weighted by Crippen LogP contribution is -2.35. The van der Waals surface area contributed by atoms with E-state index in [9.17, 15) is 5.11 Å². The van der Waals surface area contributed by atoms with E-state index in [0.717, 1.165) is 12.0 Å². The number of hydrogen-bond acceptors (Lipinski definition) is 4. The van der Waals surface area contributed by atoms with Gasteiger partial charge in [0.25, 0.3) is 0 Å². The van der Waals surface area contributed by atoms with E-state index in [1.165, 1.54) is 0 Å². The monoisotopic (exact) mass is 253 g/mol. The molecule has 1 aromatic rings. The third-order valence-corrected chi connectivity index (χ3v) is 2.93. The van der Waals surface area contributed by atoms with Crippen molar-refractivity contribution in [2.24, 2.45) is 5.73 Å². The minimum atomic E-state index is -1.02. The van der Waals surface area contributed by atoms with E-state index in [2.05, 4.69) is 0 Å². The molecule has 1 rings (SSSR count). The average Bonchev–Trinajstić information content (AvgIpc) is 2.40. The first-order valence-electron chi connectivity index (χ1n) is 6.31. The third-order valence-electron chi connectivity index (χ3n) is 2.93. The number of para-hydroxylation sites is 1. The second-order valence-electron chi connectivity index (χ2n) is 4.32. The number of benzene rings is 1. The summed E-state index contributed by atoms with van der Waals surface area (Å²) in [5.41, 5.74) is 5.46. The first-order valence-corrected chi connectivity index (χ1v) is 6.31. The molecule has 0 heterocycles. The molecule has 18 heavy (non-hydrogen) atoms. The van der Waals surface area contributed by atoms with Gasteiger partial charge in [-0.25, -0.2) is 0 Å². The van der Waals surface area contributed by atoms with E-state index in [4.69, 9.17) is 15.2 Å². The Morgan fingerprint density at radius 1 is 1.28 bits per heavy atom. The van der Waals surface area contributed by atoms with Crippen LogP contribution in [-0.2, 0) is 10.3 Å². The van der Waals surface area contributed by atoms with E-state index in [1.54, 1.807) is 7.11 Å². The minimum Gasteiger partial charge on any atom is -0.491 e. The molecule has 1 atom stereocenters. The van der Waals surface area contributed by atoms with Crippen LogP contribution in [0, 0.1) is 0 Å². The van der Waals surface area contributed by atoms with Crippen LogP contribution >= 0.6 is 0 Å². The van der Waals surface area contributed by atoms with Crippen LogP contribution in [0.4, 0.5) is 0 Å². The number of hydrogen-bond donors (Lipinski definition) is 2. The first kappa shape index (κ1) is 15.0. The fourth-order valence-electron chi connectivity index (χ4n) is 1.97. The maximum Gasteiger partial charge on any atom is 0.125 e. The van der Waals surface area contributed by atoms with Crippen molar-refractivity contribution in [2.45, 2.75) is 25.4 Å². The Labute approximate surface area is 109 Å². The van der Waals surface area contributed by atoms with Crippen LogP contribution in [0.15, 0.2) is 24.3 Å². The standard InChI is InChI=1S/C14H23NO3/c1-3-8-14(16,11-15)12-6-4-5-7-13(12)18-10-9-17-2/h4-7,16H,3,8-11,15H2,1-2H3. The molecular weight excluding hydrogens is 230 g/mol. The Balaban J connectivity index is 2.91. The number of nitrogens with two attached hydrogens (primary N) is 1. The molecule has 102 valence electrons. The van der Waals surface area contributed by atoms with Crippen molar-refractivity contribution in [1.82, 2.24) is 0 Å². The SMILES string of the molecule is CCCC(O)(CN)c1ccccc1OCCOC. The normalized spacial score (nSPS) is 14.2. The highest BCUT2D eigenvalue weighted by Gasteiger charge is 2.29. The second kappa shape index (κ2) is 7.36. The van der Waals surface area contributed by atoms with E-state index >= 15 is 0 Å². The van der Waals surface area contributed by atoms with Crippen molar-refractivity contribution in [3.8, 4) is 5.75 Å². The molecular formula is C14H23NO3. The molecule has 1 unspecified atom stereocenters. The summed E-state index contributed by atoms with van der Waals surface area (Å²) in [5.74, 6) is 0.677. The second-order valence-corrected chi connectivity index (χ2v) is 4.32. The lowest BCUT2D eigenvalue weighted by Gasteiger charge is -2.28. The van der Waals surface area contributed by atoms with Crippen LogP contribution in [0.2, 0.25) is 0 Å². The van der Waals surface area contributed by atoms with Gasteiger partial charge in [0.05, 0.1) is 6.61 Å². The van der Waals surface area contributed by atoms with E-state index in [0.29, 0.717) is 25.4 Å². The Bertz CT molecular complexity index is 357. The molecule has 1 aromatic carbocycles. The van der Waals surface area contributed by atoms with Gasteiger partial charge < -0.3 is 20.3 Å². The Hall–Kier alpha value is -1.10. The van der Waals surface area contributed by atoms with Gasteiger partial charge in [0, 0.05) is 19.2 Å². The van der Waals surface area contributed by atoms with Crippen LogP contribution in [-0.4, -0.2) is 32.0 Å². The van der Waals surface area contributed by atoms with E-state index in [1.807, 2.05) is 31.2 Å². The van der Waals surface area contributed by atoms with Gasteiger partial charge in [0.15, 0.2) is 0 Å². The van der Waals surface area contributed by atoms with Gasteiger partial charge in [0.2, 0.25) is 0 Å². The smallest absolute Gasteiger partial charge is 0.125 e. The highest BCUT2D eigenvalue weighted by atomic mass is 16.5. The highest BCUT2D eigenvalue weighted by Crippen LogP contribution is 2.32. The van der Waals surface area contributed by atoms with Gasteiger partial charge in [0.1, 0.15) is 18.0 Å². The van der Waals surface area contributed by atoms with E-state index in [-0.39, 0.29) is 6.54 Å². The summed E-state index contributed by atoms with van der Waals surface area (Å²) in [5, 5.41) is 10.6. The van der Waals surface area contributed by atoms with Crippen LogP contribution in [0.5, 0.6) is 5.75 Å². The zero-order chi connectivity index (χ0) is 13.4.